The van der Waals surface area contributed by atoms with E-state index in [0.29, 0.717) is 11.5 Å². The third kappa shape index (κ3) is 7.71. The molecule has 302 valence electrons. The van der Waals surface area contributed by atoms with Gasteiger partial charge in [-0.2, -0.15) is 6.07 Å². The molecule has 0 bridgehead atoms. The van der Waals surface area contributed by atoms with Gasteiger partial charge in [0, 0.05) is 61.3 Å². The number of ether oxygens (including phenoxy) is 1. The number of para-hydroxylation sites is 3. The van der Waals surface area contributed by atoms with E-state index in [-0.39, 0.29) is 42.7 Å². The van der Waals surface area contributed by atoms with Gasteiger partial charge in [-0.1, -0.05) is 131 Å². The molecule has 0 amide bonds. The van der Waals surface area contributed by atoms with Gasteiger partial charge in [0.1, 0.15) is 5.82 Å². The van der Waals surface area contributed by atoms with Gasteiger partial charge in [-0.05, 0) is 80.1 Å². The molecule has 8 rings (SSSR count). The summed E-state index contributed by atoms with van der Waals surface area (Å²) < 4.78 is 9.01. The van der Waals surface area contributed by atoms with Crippen molar-refractivity contribution in [3.8, 4) is 17.3 Å². The number of hydrogen-bond donors (Lipinski definition) is 0. The minimum atomic E-state index is -0.148. The van der Waals surface area contributed by atoms with Crippen molar-refractivity contribution in [2.24, 2.45) is 0 Å². The Labute approximate surface area is 360 Å². The topological polar surface area (TPSA) is 33.5 Å². The summed E-state index contributed by atoms with van der Waals surface area (Å²) in [5.74, 6) is 2.12. The second kappa shape index (κ2) is 14.8. The molecule has 5 nitrogen and oxygen atoms in total. The van der Waals surface area contributed by atoms with Crippen LogP contribution in [0.1, 0.15) is 105 Å². The fraction of sp³-hybridized carbons (Fsp3) is 0.308. The Morgan fingerprint density at radius 1 is 0.534 bits per heavy atom. The van der Waals surface area contributed by atoms with E-state index in [9.17, 15) is 0 Å². The summed E-state index contributed by atoms with van der Waals surface area (Å²) in [6.07, 6.45) is 1.91. The molecule has 5 aromatic carbocycles. The number of anilines is 4. The first-order chi connectivity index (χ1) is 26.8. The van der Waals surface area contributed by atoms with Crippen LogP contribution in [0.25, 0.3) is 27.6 Å². The van der Waals surface area contributed by atoms with E-state index in [1.165, 1.54) is 22.4 Å². The molecule has 7 aromatic rings. The standard InChI is InChI=1S/C52H55N4O.Pt/c1-49(2,3)34-21-24-42(52(10,11)12)47(29-34)55-33-54(44-19-15-16-20-45(44)55)37-27-36(51(7,8)9)28-39(31-37)57-38-22-23-41-40-17-13-14-18-43(40)56(46(41)32-38)48-30-35(25-26-53-48)50(4,5)6;/h13-30,33H,1-12H3;/q-3;. The average Bonchev–Trinajstić information content (AvgIpc) is 3.69. The second-order valence-electron chi connectivity index (χ2n) is 19.6. The van der Waals surface area contributed by atoms with Crippen LogP contribution in [0.4, 0.5) is 22.7 Å². The van der Waals surface area contributed by atoms with Gasteiger partial charge in [0.2, 0.25) is 0 Å². The Hall–Kier alpha value is -4.86. The van der Waals surface area contributed by atoms with E-state index in [1.807, 2.05) is 12.3 Å². The van der Waals surface area contributed by atoms with E-state index in [4.69, 9.17) is 9.72 Å². The fourth-order valence-corrected chi connectivity index (χ4v) is 7.77. The van der Waals surface area contributed by atoms with Crippen LogP contribution in [-0.4, -0.2) is 9.55 Å². The summed E-state index contributed by atoms with van der Waals surface area (Å²) in [6.45, 7) is 29.4. The van der Waals surface area contributed by atoms with Gasteiger partial charge in [0.25, 0.3) is 0 Å². The van der Waals surface area contributed by atoms with Crippen LogP contribution in [0, 0.1) is 18.8 Å². The zero-order valence-corrected chi connectivity index (χ0v) is 38.3. The minimum Gasteiger partial charge on any atom is -0.509 e. The van der Waals surface area contributed by atoms with Crippen LogP contribution in [0.3, 0.4) is 0 Å². The molecule has 0 N–H and O–H groups in total. The Morgan fingerprint density at radius 3 is 1.84 bits per heavy atom. The number of benzene rings is 5. The third-order valence-electron chi connectivity index (χ3n) is 11.1. The molecular formula is C52H55N4OPt-3. The number of fused-ring (bicyclic) bond motifs is 4. The molecule has 0 atom stereocenters. The van der Waals surface area contributed by atoms with Crippen molar-refractivity contribution in [3.05, 3.63) is 150 Å². The van der Waals surface area contributed by atoms with Crippen molar-refractivity contribution in [1.82, 2.24) is 9.55 Å². The molecule has 3 heterocycles. The van der Waals surface area contributed by atoms with E-state index >= 15 is 0 Å². The number of aromatic nitrogens is 2. The average molecular weight is 947 g/mol. The second-order valence-corrected chi connectivity index (χ2v) is 19.6. The monoisotopic (exact) mass is 946 g/mol. The molecule has 0 saturated heterocycles. The maximum Gasteiger partial charge on any atom is 0.135 e. The van der Waals surface area contributed by atoms with Gasteiger partial charge >= 0.3 is 0 Å². The van der Waals surface area contributed by atoms with Gasteiger partial charge in [0.15, 0.2) is 0 Å². The van der Waals surface area contributed by atoms with Gasteiger partial charge < -0.3 is 19.1 Å². The van der Waals surface area contributed by atoms with Gasteiger partial charge in [0.05, 0.1) is 0 Å². The van der Waals surface area contributed by atoms with Crippen LogP contribution in [-0.2, 0) is 42.7 Å². The summed E-state index contributed by atoms with van der Waals surface area (Å²) in [7, 11) is 0. The summed E-state index contributed by atoms with van der Waals surface area (Å²) in [5.41, 5.74) is 11.1. The largest absolute Gasteiger partial charge is 0.509 e. The Kier molecular flexibility index (Phi) is 10.5. The molecule has 58 heavy (non-hydrogen) atoms. The predicted molar refractivity (Wildman–Crippen MR) is 239 cm³/mol. The van der Waals surface area contributed by atoms with Crippen LogP contribution in [0.2, 0.25) is 0 Å². The third-order valence-corrected chi connectivity index (χ3v) is 11.1. The maximum atomic E-state index is 6.80. The zero-order valence-electron chi connectivity index (χ0n) is 36.0. The molecule has 0 radical (unpaired) electrons. The molecule has 0 fully saturated rings. The normalized spacial score (nSPS) is 13.6. The minimum absolute atomic E-state index is 0. The number of rotatable bonds is 5. The summed E-state index contributed by atoms with van der Waals surface area (Å²) in [5, 5.41) is 2.25. The van der Waals surface area contributed by atoms with Gasteiger partial charge in [-0.3, -0.25) is 0 Å². The maximum absolute atomic E-state index is 6.80. The van der Waals surface area contributed by atoms with Gasteiger partial charge in [-0.25, -0.2) is 4.98 Å². The molecule has 1 aliphatic heterocycles. The van der Waals surface area contributed by atoms with Crippen molar-refractivity contribution in [2.45, 2.75) is 105 Å². The number of hydrogen-bond acceptors (Lipinski definition) is 4. The van der Waals surface area contributed by atoms with Crippen molar-refractivity contribution >= 4 is 44.6 Å². The first-order valence-electron chi connectivity index (χ1n) is 20.1. The van der Waals surface area contributed by atoms with Crippen molar-refractivity contribution < 1.29 is 25.8 Å². The Balaban J connectivity index is 0.00000512. The summed E-state index contributed by atoms with van der Waals surface area (Å²) in [4.78, 5) is 9.48. The SMILES string of the molecule is CC(C)(C)c1cc(Oc2[c-]c3c(cc2)c2ccccc2n3-c2cc(C(C)(C)C)ccn2)[c-]c(N2[CH-]N(c3cc(C(C)(C)C)ccc3C(C)(C)C)c3ccccc32)c1.[Pt]. The van der Waals surface area contributed by atoms with E-state index in [0.717, 1.165) is 50.2 Å². The quantitative estimate of drug-likeness (QED) is 0.161. The number of nitrogens with zero attached hydrogens (tertiary/aromatic N) is 4. The molecule has 6 heteroatoms. The first-order valence-corrected chi connectivity index (χ1v) is 20.1. The van der Waals surface area contributed by atoms with Crippen LogP contribution < -0.4 is 14.5 Å². The van der Waals surface area contributed by atoms with E-state index in [1.54, 1.807) is 0 Å². The van der Waals surface area contributed by atoms with Crippen molar-refractivity contribution in [2.75, 3.05) is 9.80 Å². The van der Waals surface area contributed by atoms with Gasteiger partial charge in [-0.15, -0.1) is 53.6 Å². The number of pyridine rings is 1. The smallest absolute Gasteiger partial charge is 0.135 e. The molecule has 0 saturated carbocycles. The molecule has 0 spiro atoms. The van der Waals surface area contributed by atoms with Crippen LogP contribution in [0.15, 0.2) is 109 Å². The predicted octanol–water partition coefficient (Wildman–Crippen LogP) is 14.2. The molecule has 0 aliphatic carbocycles. The molecule has 0 unspecified atom stereocenters. The molecule has 1 aliphatic rings. The zero-order chi connectivity index (χ0) is 40.7. The van der Waals surface area contributed by atoms with E-state index in [2.05, 4.69) is 213 Å². The van der Waals surface area contributed by atoms with Crippen molar-refractivity contribution in [3.63, 3.8) is 0 Å². The molecule has 2 aromatic heterocycles. The Morgan fingerprint density at radius 2 is 1.17 bits per heavy atom. The van der Waals surface area contributed by atoms with Crippen molar-refractivity contribution in [1.29, 1.82) is 0 Å². The first kappa shape index (κ1) is 41.3. The Bertz CT molecular complexity index is 2640. The summed E-state index contributed by atoms with van der Waals surface area (Å²) in [6, 6.07) is 44.3. The van der Waals surface area contributed by atoms with Crippen LogP contribution in [0.5, 0.6) is 11.5 Å². The fourth-order valence-electron chi connectivity index (χ4n) is 7.77. The van der Waals surface area contributed by atoms with E-state index < -0.39 is 0 Å². The summed E-state index contributed by atoms with van der Waals surface area (Å²) >= 11 is 0. The van der Waals surface area contributed by atoms with Crippen LogP contribution >= 0.6 is 0 Å². The molecular weight excluding hydrogens is 892 g/mol.